The number of amides is 2. The molecule has 0 unspecified atom stereocenters. The second kappa shape index (κ2) is 11.1. The molecule has 0 radical (unpaired) electrons. The monoisotopic (exact) mass is 497 g/mol. The fraction of sp³-hybridized carbons (Fsp3) is 0.346. The van der Waals surface area contributed by atoms with E-state index >= 15 is 0 Å². The molecule has 0 atom stereocenters. The molecule has 1 aromatic heterocycles. The van der Waals surface area contributed by atoms with E-state index < -0.39 is 0 Å². The molecule has 0 spiro atoms. The number of aromatic nitrogens is 2. The largest absolute Gasteiger partial charge is 0.354 e. The Hall–Kier alpha value is -2.83. The van der Waals surface area contributed by atoms with Crippen molar-refractivity contribution in [1.29, 1.82) is 0 Å². The van der Waals surface area contributed by atoms with Gasteiger partial charge in [0.05, 0.1) is 15.7 Å². The van der Waals surface area contributed by atoms with Crippen molar-refractivity contribution < 1.29 is 4.79 Å². The molecule has 2 aromatic carbocycles. The maximum absolute atomic E-state index is 13.0. The van der Waals surface area contributed by atoms with Crippen LogP contribution >= 0.6 is 23.2 Å². The molecule has 178 valence electrons. The fourth-order valence-corrected chi connectivity index (χ4v) is 4.65. The molecule has 2 amide bonds. The van der Waals surface area contributed by atoms with Crippen molar-refractivity contribution >= 4 is 40.7 Å². The number of halogens is 2. The Morgan fingerprint density at radius 3 is 2.56 bits per heavy atom. The summed E-state index contributed by atoms with van der Waals surface area (Å²) in [5.74, 6) is 1.76. The van der Waals surface area contributed by atoms with E-state index in [0.29, 0.717) is 35.4 Å². The van der Waals surface area contributed by atoms with Gasteiger partial charge in [0.15, 0.2) is 0 Å². The van der Waals surface area contributed by atoms with Crippen LogP contribution in [-0.4, -0.2) is 47.1 Å². The molecule has 1 saturated heterocycles. The average molecular weight is 498 g/mol. The maximum Gasteiger partial charge on any atom is 0.321 e. The summed E-state index contributed by atoms with van der Waals surface area (Å²) >= 11 is 12.3. The van der Waals surface area contributed by atoms with Gasteiger partial charge in [0.1, 0.15) is 11.6 Å². The highest BCUT2D eigenvalue weighted by Gasteiger charge is 2.24. The van der Waals surface area contributed by atoms with Gasteiger partial charge >= 0.3 is 6.03 Å². The van der Waals surface area contributed by atoms with Crippen LogP contribution in [0.1, 0.15) is 36.0 Å². The predicted octanol–water partition coefficient (Wildman–Crippen LogP) is 5.99. The van der Waals surface area contributed by atoms with E-state index in [1.807, 2.05) is 17.9 Å². The van der Waals surface area contributed by atoms with Crippen LogP contribution in [0.3, 0.4) is 0 Å². The number of nitrogens with zero attached hydrogens (tertiary/aromatic N) is 4. The van der Waals surface area contributed by atoms with Crippen LogP contribution in [0, 0.1) is 6.92 Å². The van der Waals surface area contributed by atoms with Crippen LogP contribution in [0.4, 0.5) is 16.3 Å². The van der Waals surface area contributed by atoms with E-state index in [1.165, 1.54) is 11.1 Å². The Bertz CT molecular complexity index is 1160. The summed E-state index contributed by atoms with van der Waals surface area (Å²) in [5.41, 5.74) is 4.01. The molecule has 2 heterocycles. The Balaban J connectivity index is 1.53. The molecular formula is C26H29Cl2N5O. The molecule has 1 N–H and O–H groups in total. The normalized spacial score (nSPS) is 14.1. The Kier molecular flexibility index (Phi) is 7.91. The number of carbonyl (C=O) groups excluding carboxylic acids is 1. The zero-order chi connectivity index (χ0) is 24.1. The van der Waals surface area contributed by atoms with Gasteiger partial charge in [-0.2, -0.15) is 0 Å². The summed E-state index contributed by atoms with van der Waals surface area (Å²) in [4.78, 5) is 26.7. The molecule has 8 heteroatoms. The topological polar surface area (TPSA) is 61.4 Å². The second-order valence-corrected chi connectivity index (χ2v) is 9.18. The van der Waals surface area contributed by atoms with Gasteiger partial charge in [-0.25, -0.2) is 14.8 Å². The molecule has 1 fully saturated rings. The highest BCUT2D eigenvalue weighted by molar-refractivity contribution is 6.43. The number of hydrogen-bond donors (Lipinski definition) is 1. The van der Waals surface area contributed by atoms with Gasteiger partial charge in [-0.05, 0) is 37.5 Å². The first-order valence-corrected chi connectivity index (χ1v) is 12.4. The number of hydrogen-bond acceptors (Lipinski definition) is 4. The van der Waals surface area contributed by atoms with Crippen LogP contribution in [0.15, 0.2) is 48.5 Å². The zero-order valence-corrected chi connectivity index (χ0v) is 21.0. The number of aryl methyl sites for hydroxylation is 2. The zero-order valence-electron chi connectivity index (χ0n) is 19.5. The van der Waals surface area contributed by atoms with Crippen molar-refractivity contribution in [3.63, 3.8) is 0 Å². The van der Waals surface area contributed by atoms with Crippen LogP contribution in [0.5, 0.6) is 0 Å². The molecule has 0 saturated carbocycles. The first kappa shape index (κ1) is 24.3. The van der Waals surface area contributed by atoms with Crippen LogP contribution < -0.4 is 10.2 Å². The predicted molar refractivity (Wildman–Crippen MR) is 139 cm³/mol. The quantitative estimate of drug-likeness (QED) is 0.470. The molecule has 1 aliphatic heterocycles. The lowest BCUT2D eigenvalue weighted by molar-refractivity contribution is 0.215. The van der Waals surface area contributed by atoms with Gasteiger partial charge in [-0.15, -0.1) is 0 Å². The Morgan fingerprint density at radius 1 is 1.00 bits per heavy atom. The molecule has 0 aliphatic carbocycles. The molecule has 6 nitrogen and oxygen atoms in total. The van der Waals surface area contributed by atoms with Gasteiger partial charge in [0, 0.05) is 43.9 Å². The second-order valence-electron chi connectivity index (χ2n) is 8.39. The van der Waals surface area contributed by atoms with E-state index in [4.69, 9.17) is 33.2 Å². The lowest BCUT2D eigenvalue weighted by atomic mass is 10.0. The molecule has 3 aromatic rings. The third-order valence-electron chi connectivity index (χ3n) is 6.02. The van der Waals surface area contributed by atoms with Crippen LogP contribution in [-0.2, 0) is 12.8 Å². The average Bonchev–Trinajstić information content (AvgIpc) is 3.10. The van der Waals surface area contributed by atoms with Gasteiger partial charge < -0.3 is 15.1 Å². The van der Waals surface area contributed by atoms with Gasteiger partial charge in [0.25, 0.3) is 0 Å². The smallest absolute Gasteiger partial charge is 0.321 e. The van der Waals surface area contributed by atoms with Crippen molar-refractivity contribution in [3.05, 3.63) is 81.2 Å². The first-order chi connectivity index (χ1) is 16.5. The van der Waals surface area contributed by atoms with Crippen molar-refractivity contribution in [1.82, 2.24) is 14.9 Å². The minimum Gasteiger partial charge on any atom is -0.354 e. The number of anilines is 2. The van der Waals surface area contributed by atoms with E-state index in [1.54, 1.807) is 18.2 Å². The number of nitrogens with one attached hydrogen (secondary N) is 1. The van der Waals surface area contributed by atoms with Crippen molar-refractivity contribution in [2.24, 2.45) is 0 Å². The lowest BCUT2D eigenvalue weighted by Gasteiger charge is -2.26. The first-order valence-electron chi connectivity index (χ1n) is 11.6. The van der Waals surface area contributed by atoms with E-state index in [0.717, 1.165) is 43.1 Å². The number of urea groups is 1. The van der Waals surface area contributed by atoms with E-state index in [9.17, 15) is 4.79 Å². The SMILES string of the molecule is CCc1nc(C)nc(N2CCCN(C(=O)Nc3cccc(Cl)c3Cl)CC2)c1Cc1ccccc1. The summed E-state index contributed by atoms with van der Waals surface area (Å²) in [7, 11) is 0. The van der Waals surface area contributed by atoms with Gasteiger partial charge in [-0.3, -0.25) is 0 Å². The summed E-state index contributed by atoms with van der Waals surface area (Å²) in [6.45, 7) is 6.83. The Morgan fingerprint density at radius 2 is 1.79 bits per heavy atom. The third-order valence-corrected chi connectivity index (χ3v) is 6.84. The van der Waals surface area contributed by atoms with Gasteiger partial charge in [-0.1, -0.05) is 66.5 Å². The summed E-state index contributed by atoms with van der Waals surface area (Å²) in [6, 6.07) is 15.5. The lowest BCUT2D eigenvalue weighted by Crippen LogP contribution is -2.38. The van der Waals surface area contributed by atoms with Gasteiger partial charge in [0.2, 0.25) is 0 Å². The van der Waals surface area contributed by atoms with Crippen molar-refractivity contribution in [2.75, 3.05) is 36.4 Å². The number of rotatable bonds is 5. The molecule has 4 rings (SSSR count). The van der Waals surface area contributed by atoms with Crippen LogP contribution in [0.2, 0.25) is 10.0 Å². The number of carbonyl (C=O) groups is 1. The third kappa shape index (κ3) is 5.62. The summed E-state index contributed by atoms with van der Waals surface area (Å²) in [6.07, 6.45) is 2.47. The minimum atomic E-state index is -0.177. The molecular weight excluding hydrogens is 469 g/mol. The minimum absolute atomic E-state index is 0.177. The summed E-state index contributed by atoms with van der Waals surface area (Å²) in [5, 5.41) is 3.67. The molecule has 1 aliphatic rings. The molecule has 34 heavy (non-hydrogen) atoms. The fourth-order valence-electron chi connectivity index (χ4n) is 4.30. The highest BCUT2D eigenvalue weighted by atomic mass is 35.5. The van der Waals surface area contributed by atoms with Crippen molar-refractivity contribution in [3.8, 4) is 0 Å². The van der Waals surface area contributed by atoms with Crippen LogP contribution in [0.25, 0.3) is 0 Å². The van der Waals surface area contributed by atoms with Crippen molar-refractivity contribution in [2.45, 2.75) is 33.1 Å². The number of benzene rings is 2. The standard InChI is InChI=1S/C26H29Cl2N5O/c1-3-22-20(17-19-9-5-4-6-10-19)25(30-18(2)29-22)32-13-8-14-33(16-15-32)26(34)31-23-12-7-11-21(27)24(23)28/h4-7,9-12H,3,8,13-17H2,1-2H3,(H,31,34). The maximum atomic E-state index is 13.0. The van der Waals surface area contributed by atoms with E-state index in [-0.39, 0.29) is 6.03 Å². The highest BCUT2D eigenvalue weighted by Crippen LogP contribution is 2.30. The Labute approximate surface area is 210 Å². The summed E-state index contributed by atoms with van der Waals surface area (Å²) < 4.78 is 0. The van der Waals surface area contributed by atoms with E-state index in [2.05, 4.69) is 41.4 Å². The molecule has 0 bridgehead atoms.